The van der Waals surface area contributed by atoms with Crippen LogP contribution in [0.4, 0.5) is 0 Å². The summed E-state index contributed by atoms with van der Waals surface area (Å²) >= 11 is 0. The molecule has 4 nitrogen and oxygen atoms in total. The first kappa shape index (κ1) is 18.2. The summed E-state index contributed by atoms with van der Waals surface area (Å²) in [5.74, 6) is -0.108. The van der Waals surface area contributed by atoms with Crippen LogP contribution in [0.3, 0.4) is 0 Å². The Kier molecular flexibility index (Phi) is 6.53. The van der Waals surface area contributed by atoms with Crippen molar-refractivity contribution in [2.75, 3.05) is 6.61 Å². The zero-order valence-corrected chi connectivity index (χ0v) is 14.3. The lowest BCUT2D eigenvalue weighted by molar-refractivity contribution is 0.0563. The van der Waals surface area contributed by atoms with E-state index in [1.54, 1.807) is 29.2 Å². The minimum Gasteiger partial charge on any atom is -0.394 e. The number of aliphatic hydroxyl groups excluding tert-OH is 2. The summed E-state index contributed by atoms with van der Waals surface area (Å²) in [5, 5.41) is 18.8. The Morgan fingerprint density at radius 3 is 2.29 bits per heavy atom. The quantitative estimate of drug-likeness (QED) is 0.822. The minimum atomic E-state index is -0.227. The molecule has 1 amide bonds. The van der Waals surface area contributed by atoms with Gasteiger partial charge in [0, 0.05) is 12.1 Å². The summed E-state index contributed by atoms with van der Waals surface area (Å²) in [6.45, 7) is 4.34. The molecule has 0 aliphatic rings. The second kappa shape index (κ2) is 8.62. The van der Waals surface area contributed by atoms with Gasteiger partial charge in [-0.1, -0.05) is 43.3 Å². The lowest BCUT2D eigenvalue weighted by Crippen LogP contribution is -2.41. The van der Waals surface area contributed by atoms with E-state index in [4.69, 9.17) is 5.11 Å². The molecule has 0 aliphatic heterocycles. The molecule has 24 heavy (non-hydrogen) atoms. The van der Waals surface area contributed by atoms with E-state index in [-0.39, 0.29) is 25.2 Å². The minimum absolute atomic E-state index is 0.0460. The Bertz CT molecular complexity index is 663. The second-order valence-corrected chi connectivity index (χ2v) is 5.96. The molecular weight excluding hydrogens is 302 g/mol. The van der Waals surface area contributed by atoms with E-state index < -0.39 is 0 Å². The fourth-order valence-corrected chi connectivity index (χ4v) is 2.70. The molecule has 4 heteroatoms. The number of nitrogens with zero attached hydrogens (tertiary/aromatic N) is 1. The summed E-state index contributed by atoms with van der Waals surface area (Å²) in [5.41, 5.74) is 3.53. The summed E-state index contributed by atoms with van der Waals surface area (Å²) in [6, 6.07) is 14.7. The van der Waals surface area contributed by atoms with E-state index in [2.05, 4.69) is 0 Å². The van der Waals surface area contributed by atoms with E-state index in [0.717, 1.165) is 16.7 Å². The molecule has 0 aromatic heterocycles. The van der Waals surface area contributed by atoms with Gasteiger partial charge in [0.2, 0.25) is 0 Å². The lowest BCUT2D eigenvalue weighted by atomic mass is 10.0. The summed E-state index contributed by atoms with van der Waals surface area (Å²) < 4.78 is 0. The third-order valence-corrected chi connectivity index (χ3v) is 4.37. The predicted molar refractivity (Wildman–Crippen MR) is 94.6 cm³/mol. The third-order valence-electron chi connectivity index (χ3n) is 4.37. The molecule has 0 heterocycles. The van der Waals surface area contributed by atoms with Crippen molar-refractivity contribution in [3.63, 3.8) is 0 Å². The first-order valence-electron chi connectivity index (χ1n) is 8.26. The molecule has 0 radical (unpaired) electrons. The maximum atomic E-state index is 13.0. The van der Waals surface area contributed by atoms with Crippen LogP contribution in [-0.2, 0) is 13.2 Å². The third kappa shape index (κ3) is 4.22. The lowest BCUT2D eigenvalue weighted by Gasteiger charge is -2.31. The average Bonchev–Trinajstić information content (AvgIpc) is 2.63. The van der Waals surface area contributed by atoms with Crippen molar-refractivity contribution in [3.05, 3.63) is 70.8 Å². The van der Waals surface area contributed by atoms with Crippen molar-refractivity contribution in [2.24, 2.45) is 0 Å². The van der Waals surface area contributed by atoms with Crippen molar-refractivity contribution in [2.45, 2.75) is 39.5 Å². The number of carbonyl (C=O) groups is 1. The van der Waals surface area contributed by atoms with E-state index in [1.807, 2.05) is 38.1 Å². The number of rotatable bonds is 7. The van der Waals surface area contributed by atoms with E-state index in [0.29, 0.717) is 18.5 Å². The molecule has 0 saturated carbocycles. The molecule has 0 saturated heterocycles. The zero-order chi connectivity index (χ0) is 17.5. The van der Waals surface area contributed by atoms with Crippen LogP contribution in [0.5, 0.6) is 0 Å². The van der Waals surface area contributed by atoms with Crippen LogP contribution in [0.25, 0.3) is 0 Å². The van der Waals surface area contributed by atoms with Gasteiger partial charge < -0.3 is 15.1 Å². The van der Waals surface area contributed by atoms with Gasteiger partial charge in [-0.3, -0.25) is 4.79 Å². The number of carbonyl (C=O) groups excluding carboxylic acids is 1. The molecule has 2 N–H and O–H groups in total. The van der Waals surface area contributed by atoms with Crippen LogP contribution in [0.2, 0.25) is 0 Å². The van der Waals surface area contributed by atoms with E-state index in [9.17, 15) is 9.90 Å². The van der Waals surface area contributed by atoms with Gasteiger partial charge in [0.05, 0.1) is 19.3 Å². The Balaban J connectivity index is 2.30. The Morgan fingerprint density at radius 1 is 1.08 bits per heavy atom. The van der Waals surface area contributed by atoms with Gasteiger partial charge in [-0.05, 0) is 42.2 Å². The Hall–Kier alpha value is -2.17. The molecule has 0 unspecified atom stereocenters. The highest BCUT2D eigenvalue weighted by Gasteiger charge is 2.23. The molecule has 0 spiro atoms. The Labute approximate surface area is 143 Å². The number of amides is 1. The van der Waals surface area contributed by atoms with Crippen LogP contribution in [0, 0.1) is 6.92 Å². The van der Waals surface area contributed by atoms with Gasteiger partial charge in [-0.15, -0.1) is 0 Å². The van der Waals surface area contributed by atoms with Crippen molar-refractivity contribution in [1.82, 2.24) is 4.90 Å². The van der Waals surface area contributed by atoms with Gasteiger partial charge >= 0.3 is 0 Å². The monoisotopic (exact) mass is 327 g/mol. The molecule has 2 aromatic rings. The molecule has 0 bridgehead atoms. The molecule has 128 valence electrons. The van der Waals surface area contributed by atoms with Crippen LogP contribution in [0.15, 0.2) is 48.5 Å². The SMILES string of the molecule is CC[C@H](CO)N(Cc1ccccc1C)C(=O)c1ccc(CO)cc1. The van der Waals surface area contributed by atoms with Crippen molar-refractivity contribution >= 4 is 5.91 Å². The topological polar surface area (TPSA) is 60.8 Å². The highest BCUT2D eigenvalue weighted by atomic mass is 16.3. The van der Waals surface area contributed by atoms with Gasteiger partial charge in [0.25, 0.3) is 5.91 Å². The molecule has 0 fully saturated rings. The second-order valence-electron chi connectivity index (χ2n) is 5.96. The van der Waals surface area contributed by atoms with Crippen LogP contribution in [-0.4, -0.2) is 33.7 Å². The predicted octanol–water partition coefficient (Wildman–Crippen LogP) is 2.90. The maximum Gasteiger partial charge on any atom is 0.254 e. The standard InChI is InChI=1S/C20H25NO3/c1-3-19(14-23)21(12-18-7-5-4-6-15(18)2)20(24)17-10-8-16(13-22)9-11-17/h4-11,19,22-23H,3,12-14H2,1-2H3/t19-/m1/s1. The largest absolute Gasteiger partial charge is 0.394 e. The number of hydrogen-bond acceptors (Lipinski definition) is 3. The average molecular weight is 327 g/mol. The number of aryl methyl sites for hydroxylation is 1. The van der Waals surface area contributed by atoms with E-state index in [1.165, 1.54) is 0 Å². The molecule has 1 atom stereocenters. The van der Waals surface area contributed by atoms with Crippen LogP contribution in [0.1, 0.15) is 40.4 Å². The first-order chi connectivity index (χ1) is 11.6. The molecule has 2 aromatic carbocycles. The van der Waals surface area contributed by atoms with Gasteiger partial charge in [0.1, 0.15) is 0 Å². The fourth-order valence-electron chi connectivity index (χ4n) is 2.70. The van der Waals surface area contributed by atoms with Crippen molar-refractivity contribution in [3.8, 4) is 0 Å². The maximum absolute atomic E-state index is 13.0. The Morgan fingerprint density at radius 2 is 1.75 bits per heavy atom. The van der Waals surface area contributed by atoms with Crippen LogP contribution >= 0.6 is 0 Å². The highest BCUT2D eigenvalue weighted by Crippen LogP contribution is 2.18. The smallest absolute Gasteiger partial charge is 0.254 e. The summed E-state index contributed by atoms with van der Waals surface area (Å²) in [7, 11) is 0. The number of aliphatic hydroxyl groups is 2. The van der Waals surface area contributed by atoms with Crippen molar-refractivity contribution < 1.29 is 15.0 Å². The summed E-state index contributed by atoms with van der Waals surface area (Å²) in [6.07, 6.45) is 0.683. The number of benzene rings is 2. The molecular formula is C20H25NO3. The molecule has 0 aliphatic carbocycles. The zero-order valence-electron chi connectivity index (χ0n) is 14.3. The van der Waals surface area contributed by atoms with Gasteiger partial charge in [-0.25, -0.2) is 0 Å². The summed E-state index contributed by atoms with van der Waals surface area (Å²) in [4.78, 5) is 14.7. The normalized spacial score (nSPS) is 12.0. The molecule has 2 rings (SSSR count). The van der Waals surface area contributed by atoms with Gasteiger partial charge in [0.15, 0.2) is 0 Å². The van der Waals surface area contributed by atoms with E-state index >= 15 is 0 Å². The van der Waals surface area contributed by atoms with Gasteiger partial charge in [-0.2, -0.15) is 0 Å². The van der Waals surface area contributed by atoms with Crippen LogP contribution < -0.4 is 0 Å². The highest BCUT2D eigenvalue weighted by molar-refractivity contribution is 5.94. The number of hydrogen-bond donors (Lipinski definition) is 2. The van der Waals surface area contributed by atoms with Crippen molar-refractivity contribution in [1.29, 1.82) is 0 Å². The first-order valence-corrected chi connectivity index (χ1v) is 8.26. The fraction of sp³-hybridized carbons (Fsp3) is 0.350.